The van der Waals surface area contributed by atoms with Gasteiger partial charge in [0, 0.05) is 12.8 Å². The molecule has 342 valence electrons. The first kappa shape index (κ1) is 52.9. The van der Waals surface area contributed by atoms with Gasteiger partial charge in [-0.2, -0.15) is 0 Å². The van der Waals surface area contributed by atoms with E-state index >= 15 is 0 Å². The Morgan fingerprint density at radius 3 is 1.90 bits per heavy atom. The molecule has 3 aliphatic carbocycles. The van der Waals surface area contributed by atoms with Gasteiger partial charge >= 0.3 is 0 Å². The third kappa shape index (κ3) is 14.6. The van der Waals surface area contributed by atoms with Crippen LogP contribution < -0.4 is 0 Å². The summed E-state index contributed by atoms with van der Waals surface area (Å²) in [5.74, 6) is 1.96. The molecule has 3 rings (SSSR count). The number of ketones is 1. The number of rotatable bonds is 18. The summed E-state index contributed by atoms with van der Waals surface area (Å²) in [4.78, 5) is 13.9. The van der Waals surface area contributed by atoms with E-state index in [0.717, 1.165) is 44.1 Å². The van der Waals surface area contributed by atoms with Crippen LogP contribution in [-0.2, 0) is 22.5 Å². The lowest BCUT2D eigenvalue weighted by Gasteiger charge is -2.46. The quantitative estimate of drug-likeness (QED) is 0.128. The average Bonchev–Trinajstić information content (AvgIpc) is 3.36. The molecular formula is C50H96O5Si4. The molecule has 0 N–H and O–H groups in total. The van der Waals surface area contributed by atoms with Crippen molar-refractivity contribution in [1.29, 1.82) is 0 Å². The minimum absolute atomic E-state index is 0.0118. The average molecular weight is 890 g/mol. The SMILES string of the molecule is C=C1/C(=C\C=C2/CCC[C@@]3(C)C2CCC3[C@@H](CCCC(C)(C)O[Si](C)(C)C)CCC(=O)C(C)(C)O[Si](C)(C)C)CC(O[Si](C)(C)C(C)(C)C)C[C@@H]1O[Si](C)(C)C(C)(C)C. The minimum Gasteiger partial charge on any atom is -0.413 e. The number of Topliss-reactive ketones (excluding diaryl/α,β-unsaturated/α-hetero) is 1. The summed E-state index contributed by atoms with van der Waals surface area (Å²) in [6.45, 7) is 52.9. The van der Waals surface area contributed by atoms with Crippen LogP contribution in [-0.4, -0.2) is 62.5 Å². The minimum atomic E-state index is -2.04. The first-order valence-corrected chi connectivity index (χ1v) is 36.4. The van der Waals surface area contributed by atoms with Crippen molar-refractivity contribution in [2.45, 2.75) is 252 Å². The molecular weight excluding hydrogens is 793 g/mol. The van der Waals surface area contributed by atoms with E-state index < -0.39 is 38.9 Å². The predicted molar refractivity (Wildman–Crippen MR) is 265 cm³/mol. The molecule has 6 atom stereocenters. The molecule has 0 aromatic carbocycles. The zero-order valence-electron chi connectivity index (χ0n) is 42.8. The molecule has 3 saturated carbocycles. The summed E-state index contributed by atoms with van der Waals surface area (Å²) in [7, 11) is -7.55. The van der Waals surface area contributed by atoms with Crippen molar-refractivity contribution >= 4 is 39.1 Å². The van der Waals surface area contributed by atoms with Gasteiger partial charge in [-0.3, -0.25) is 4.79 Å². The molecule has 3 unspecified atom stereocenters. The molecule has 0 heterocycles. The van der Waals surface area contributed by atoms with Gasteiger partial charge in [0.15, 0.2) is 39.1 Å². The highest BCUT2D eigenvalue weighted by Crippen LogP contribution is 2.61. The van der Waals surface area contributed by atoms with E-state index in [2.05, 4.69) is 140 Å². The summed E-state index contributed by atoms with van der Waals surface area (Å²) in [5, 5.41) is 0.273. The monoisotopic (exact) mass is 889 g/mol. The molecule has 5 nitrogen and oxygen atoms in total. The Kier molecular flexibility index (Phi) is 17.0. The fourth-order valence-electron chi connectivity index (χ4n) is 10.5. The second-order valence-corrected chi connectivity index (χ2v) is 44.0. The zero-order chi connectivity index (χ0) is 45.4. The van der Waals surface area contributed by atoms with Gasteiger partial charge < -0.3 is 17.7 Å². The van der Waals surface area contributed by atoms with Gasteiger partial charge in [0.05, 0.1) is 17.8 Å². The van der Waals surface area contributed by atoms with Crippen molar-refractivity contribution in [2.24, 2.45) is 23.2 Å². The van der Waals surface area contributed by atoms with Crippen LogP contribution in [0.2, 0.25) is 75.5 Å². The summed E-state index contributed by atoms with van der Waals surface area (Å²) in [6.07, 6.45) is 17.9. The second-order valence-electron chi connectivity index (χ2n) is 25.7. The Hall–Kier alpha value is -0.402. The van der Waals surface area contributed by atoms with E-state index in [1.165, 1.54) is 37.7 Å². The van der Waals surface area contributed by atoms with E-state index in [-0.39, 0.29) is 39.1 Å². The highest BCUT2D eigenvalue weighted by Gasteiger charge is 2.52. The normalized spacial score (nSPS) is 27.7. The number of carbonyl (C=O) groups is 1. The van der Waals surface area contributed by atoms with Crippen molar-refractivity contribution in [3.8, 4) is 0 Å². The molecule has 3 fully saturated rings. The number of fused-ring (bicyclic) bond motifs is 1. The van der Waals surface area contributed by atoms with Gasteiger partial charge in [-0.25, -0.2) is 0 Å². The Balaban J connectivity index is 1.95. The number of allylic oxidation sites excluding steroid dienone is 3. The molecule has 0 spiro atoms. The highest BCUT2D eigenvalue weighted by molar-refractivity contribution is 6.74. The van der Waals surface area contributed by atoms with E-state index in [0.29, 0.717) is 24.2 Å². The van der Waals surface area contributed by atoms with E-state index in [1.807, 2.05) is 13.8 Å². The number of hydrogen-bond donors (Lipinski definition) is 0. The highest BCUT2D eigenvalue weighted by atomic mass is 28.4. The largest absolute Gasteiger partial charge is 0.413 e. The molecule has 0 radical (unpaired) electrons. The fourth-order valence-corrected chi connectivity index (χ4v) is 16.5. The summed E-state index contributed by atoms with van der Waals surface area (Å²) >= 11 is 0. The molecule has 0 amide bonds. The summed E-state index contributed by atoms with van der Waals surface area (Å²) in [5.41, 5.74) is 3.49. The van der Waals surface area contributed by atoms with Crippen molar-refractivity contribution in [3.63, 3.8) is 0 Å². The lowest BCUT2D eigenvalue weighted by Crippen LogP contribution is -2.49. The van der Waals surface area contributed by atoms with Gasteiger partial charge in [0.2, 0.25) is 0 Å². The molecule has 0 aliphatic heterocycles. The van der Waals surface area contributed by atoms with Gasteiger partial charge in [0.1, 0.15) is 5.60 Å². The van der Waals surface area contributed by atoms with Crippen LogP contribution in [0.5, 0.6) is 0 Å². The van der Waals surface area contributed by atoms with Crippen LogP contribution in [0.25, 0.3) is 0 Å². The maximum Gasteiger partial charge on any atom is 0.192 e. The van der Waals surface area contributed by atoms with Crippen LogP contribution in [0, 0.1) is 23.2 Å². The van der Waals surface area contributed by atoms with E-state index in [4.69, 9.17) is 24.3 Å². The lowest BCUT2D eigenvalue weighted by atomic mass is 9.60. The third-order valence-corrected chi connectivity index (χ3v) is 26.6. The summed E-state index contributed by atoms with van der Waals surface area (Å²) in [6, 6.07) is 0. The predicted octanol–water partition coefficient (Wildman–Crippen LogP) is 15.6. The topological polar surface area (TPSA) is 54.0 Å². The third-order valence-electron chi connectivity index (χ3n) is 15.3. The lowest BCUT2D eigenvalue weighted by molar-refractivity contribution is -0.133. The Bertz CT molecular complexity index is 1510. The molecule has 0 saturated heterocycles. The van der Waals surface area contributed by atoms with Crippen LogP contribution in [0.1, 0.15) is 153 Å². The molecule has 0 aromatic rings. The van der Waals surface area contributed by atoms with Crippen LogP contribution >= 0.6 is 0 Å². The van der Waals surface area contributed by atoms with E-state index in [9.17, 15) is 4.79 Å². The fraction of sp³-hybridized carbons (Fsp3) is 0.860. The Morgan fingerprint density at radius 1 is 0.797 bits per heavy atom. The van der Waals surface area contributed by atoms with Gasteiger partial charge in [-0.15, -0.1) is 0 Å². The smallest absolute Gasteiger partial charge is 0.192 e. The standard InChI is InChI=1S/C50H96O5Si4/c1-37-40(35-41(52-58(19,20)46(2,3)4)36-44(37)53-59(21,22)47(5,6)7)28-27-38-26-24-34-50(12)42(38)30-31-43(50)39(25-23-33-48(8,9)54-56(13,14)15)29-32-45(51)49(10,11)55-57(16,17)18/h27-28,39,41-44H,1,23-26,29-36H2,2-22H3/b38-27+,40-28-/t39-,41?,42?,43?,44-,50-/m0/s1. The molecule has 0 aromatic heterocycles. The molecule has 0 bridgehead atoms. The van der Waals surface area contributed by atoms with Crippen molar-refractivity contribution in [3.05, 3.63) is 35.5 Å². The summed E-state index contributed by atoms with van der Waals surface area (Å²) < 4.78 is 27.5. The Labute approximate surface area is 370 Å². The van der Waals surface area contributed by atoms with Crippen LogP contribution in [0.4, 0.5) is 0 Å². The molecule has 59 heavy (non-hydrogen) atoms. The number of carbonyl (C=O) groups excluding carboxylic acids is 1. The molecule has 9 heteroatoms. The maximum absolute atomic E-state index is 13.9. The second kappa shape index (κ2) is 19.0. The van der Waals surface area contributed by atoms with Crippen LogP contribution in [0.15, 0.2) is 35.5 Å². The van der Waals surface area contributed by atoms with E-state index in [1.54, 1.807) is 5.57 Å². The Morgan fingerprint density at radius 2 is 1.36 bits per heavy atom. The first-order chi connectivity index (χ1) is 26.4. The van der Waals surface area contributed by atoms with Crippen molar-refractivity contribution in [2.75, 3.05) is 0 Å². The van der Waals surface area contributed by atoms with Crippen molar-refractivity contribution in [1.82, 2.24) is 0 Å². The van der Waals surface area contributed by atoms with Gasteiger partial charge in [-0.05, 0) is 189 Å². The van der Waals surface area contributed by atoms with Crippen LogP contribution in [0.3, 0.4) is 0 Å². The number of hydrogen-bond acceptors (Lipinski definition) is 5. The molecule has 3 aliphatic rings. The maximum atomic E-state index is 13.9. The van der Waals surface area contributed by atoms with Gasteiger partial charge in [0.25, 0.3) is 0 Å². The van der Waals surface area contributed by atoms with Crippen molar-refractivity contribution < 1.29 is 22.5 Å². The van der Waals surface area contributed by atoms with Gasteiger partial charge in [-0.1, -0.05) is 85.6 Å². The first-order valence-electron chi connectivity index (χ1n) is 23.8. The zero-order valence-corrected chi connectivity index (χ0v) is 46.8.